The Kier molecular flexibility index (Phi) is 5.85. The Morgan fingerprint density at radius 2 is 2.21 bits per heavy atom. The molecular weight excluding hydrogens is 236 g/mol. The lowest BCUT2D eigenvalue weighted by Crippen LogP contribution is -2.51. The van der Waals surface area contributed by atoms with E-state index >= 15 is 0 Å². The van der Waals surface area contributed by atoms with Crippen LogP contribution in [0.3, 0.4) is 0 Å². The molecule has 0 aromatic rings. The molecule has 0 aromatic carbocycles. The highest BCUT2D eigenvalue weighted by atomic mass is 15.2. The number of guanidine groups is 1. The Morgan fingerprint density at radius 3 is 2.79 bits per heavy atom. The highest BCUT2D eigenvalue weighted by Crippen LogP contribution is 2.23. The smallest absolute Gasteiger partial charge is 0.188 e. The number of piperidine rings is 1. The molecule has 0 amide bonds. The second kappa shape index (κ2) is 6.94. The van der Waals surface area contributed by atoms with Crippen molar-refractivity contribution in [3.05, 3.63) is 12.2 Å². The third-order valence-corrected chi connectivity index (χ3v) is 3.72. The van der Waals surface area contributed by atoms with E-state index in [1.165, 1.54) is 25.9 Å². The second-order valence-electron chi connectivity index (χ2n) is 6.52. The van der Waals surface area contributed by atoms with Crippen LogP contribution < -0.4 is 11.1 Å². The standard InChI is InChI=1S/C15H30N4/c1-12(2)9-17-14(16)18-11-15(4,5)19-8-6-7-13(3)10-19/h13H,1,6-11H2,2-5H3,(H3,16,17,18). The lowest BCUT2D eigenvalue weighted by molar-refractivity contribution is 0.0775. The molecule has 0 radical (unpaired) electrons. The molecule has 4 nitrogen and oxygen atoms in total. The zero-order valence-corrected chi connectivity index (χ0v) is 13.0. The Balaban J connectivity index is 2.48. The van der Waals surface area contributed by atoms with Crippen LogP contribution in [-0.2, 0) is 0 Å². The van der Waals surface area contributed by atoms with E-state index in [9.17, 15) is 0 Å². The van der Waals surface area contributed by atoms with Gasteiger partial charge < -0.3 is 11.1 Å². The summed E-state index contributed by atoms with van der Waals surface area (Å²) in [6.07, 6.45) is 2.63. The van der Waals surface area contributed by atoms with Gasteiger partial charge in [0, 0.05) is 18.6 Å². The van der Waals surface area contributed by atoms with E-state index < -0.39 is 0 Å². The van der Waals surface area contributed by atoms with Crippen molar-refractivity contribution in [2.75, 3.05) is 26.2 Å². The Labute approximate surface area is 118 Å². The number of aliphatic imine (C=N–C) groups is 1. The number of nitrogens with zero attached hydrogens (tertiary/aromatic N) is 2. The van der Waals surface area contributed by atoms with Gasteiger partial charge in [-0.25, -0.2) is 0 Å². The third-order valence-electron chi connectivity index (χ3n) is 3.72. The molecule has 19 heavy (non-hydrogen) atoms. The second-order valence-corrected chi connectivity index (χ2v) is 6.52. The lowest BCUT2D eigenvalue weighted by atomic mass is 9.94. The van der Waals surface area contributed by atoms with Crippen molar-refractivity contribution in [2.24, 2.45) is 16.6 Å². The van der Waals surface area contributed by atoms with Gasteiger partial charge in [0.15, 0.2) is 5.96 Å². The van der Waals surface area contributed by atoms with Crippen molar-refractivity contribution < 1.29 is 0 Å². The van der Waals surface area contributed by atoms with E-state index in [1.54, 1.807) is 0 Å². The Bertz CT molecular complexity index is 333. The van der Waals surface area contributed by atoms with E-state index in [1.807, 2.05) is 6.92 Å². The number of nitrogens with one attached hydrogen (secondary N) is 1. The van der Waals surface area contributed by atoms with E-state index in [2.05, 4.69) is 42.6 Å². The lowest BCUT2D eigenvalue weighted by Gasteiger charge is -2.42. The summed E-state index contributed by atoms with van der Waals surface area (Å²) in [6.45, 7) is 16.4. The summed E-state index contributed by atoms with van der Waals surface area (Å²) in [7, 11) is 0. The van der Waals surface area contributed by atoms with Crippen LogP contribution in [0.5, 0.6) is 0 Å². The van der Waals surface area contributed by atoms with Gasteiger partial charge in [-0.3, -0.25) is 9.89 Å². The number of hydrogen-bond donors (Lipinski definition) is 2. The summed E-state index contributed by atoms with van der Waals surface area (Å²) in [6, 6.07) is 0. The molecule has 3 N–H and O–H groups in total. The Hall–Kier alpha value is -1.03. The van der Waals surface area contributed by atoms with Gasteiger partial charge in [-0.15, -0.1) is 0 Å². The minimum atomic E-state index is 0.0736. The molecule has 0 spiro atoms. The van der Waals surface area contributed by atoms with Gasteiger partial charge in [0.05, 0.1) is 6.54 Å². The quantitative estimate of drug-likeness (QED) is 0.454. The topological polar surface area (TPSA) is 53.6 Å². The first-order valence-corrected chi connectivity index (χ1v) is 7.24. The molecule has 0 aromatic heterocycles. The van der Waals surface area contributed by atoms with Gasteiger partial charge >= 0.3 is 0 Å². The molecule has 1 unspecified atom stereocenters. The van der Waals surface area contributed by atoms with Crippen LogP contribution in [-0.4, -0.2) is 42.6 Å². The monoisotopic (exact) mass is 266 g/mol. The van der Waals surface area contributed by atoms with Gasteiger partial charge in [-0.05, 0) is 46.1 Å². The van der Waals surface area contributed by atoms with E-state index in [0.29, 0.717) is 12.5 Å². The molecule has 110 valence electrons. The summed E-state index contributed by atoms with van der Waals surface area (Å²) in [5.74, 6) is 1.30. The molecule has 1 aliphatic heterocycles. The van der Waals surface area contributed by atoms with Crippen molar-refractivity contribution in [1.82, 2.24) is 10.2 Å². The van der Waals surface area contributed by atoms with Crippen molar-refractivity contribution in [1.29, 1.82) is 0 Å². The summed E-state index contributed by atoms with van der Waals surface area (Å²) in [5.41, 5.74) is 7.00. The molecule has 1 heterocycles. The van der Waals surface area contributed by atoms with Gasteiger partial charge in [-0.2, -0.15) is 0 Å². The average molecular weight is 266 g/mol. The van der Waals surface area contributed by atoms with Crippen molar-refractivity contribution in [3.8, 4) is 0 Å². The molecule has 1 atom stereocenters. The molecule has 1 fully saturated rings. The molecule has 0 aliphatic carbocycles. The highest BCUT2D eigenvalue weighted by molar-refractivity contribution is 5.78. The molecular formula is C15H30N4. The highest BCUT2D eigenvalue weighted by Gasteiger charge is 2.29. The zero-order chi connectivity index (χ0) is 14.5. The van der Waals surface area contributed by atoms with Crippen LogP contribution >= 0.6 is 0 Å². The summed E-state index contributed by atoms with van der Waals surface area (Å²) in [4.78, 5) is 7.01. The first-order chi connectivity index (χ1) is 8.81. The van der Waals surface area contributed by atoms with Gasteiger partial charge in [0.2, 0.25) is 0 Å². The number of likely N-dealkylation sites (tertiary alicyclic amines) is 1. The normalized spacial score (nSPS) is 22.3. The maximum Gasteiger partial charge on any atom is 0.188 e. The largest absolute Gasteiger partial charge is 0.370 e. The van der Waals surface area contributed by atoms with Crippen LogP contribution in [0, 0.1) is 5.92 Å². The number of nitrogens with two attached hydrogens (primary N) is 1. The first-order valence-electron chi connectivity index (χ1n) is 7.24. The van der Waals surface area contributed by atoms with Crippen LogP contribution in [0.25, 0.3) is 0 Å². The number of rotatable bonds is 5. The molecule has 1 saturated heterocycles. The molecule has 0 bridgehead atoms. The predicted octanol–water partition coefficient (Wildman–Crippen LogP) is 1.98. The van der Waals surface area contributed by atoms with E-state index in [-0.39, 0.29) is 5.54 Å². The number of hydrogen-bond acceptors (Lipinski definition) is 2. The molecule has 1 rings (SSSR count). The fourth-order valence-corrected chi connectivity index (χ4v) is 2.42. The summed E-state index contributed by atoms with van der Waals surface area (Å²) < 4.78 is 0. The van der Waals surface area contributed by atoms with Crippen LogP contribution in [0.1, 0.15) is 40.5 Å². The van der Waals surface area contributed by atoms with Gasteiger partial charge in [0.25, 0.3) is 0 Å². The minimum Gasteiger partial charge on any atom is -0.370 e. The molecule has 4 heteroatoms. The van der Waals surface area contributed by atoms with E-state index in [4.69, 9.17) is 5.73 Å². The fourth-order valence-electron chi connectivity index (χ4n) is 2.42. The maximum absolute atomic E-state index is 5.87. The summed E-state index contributed by atoms with van der Waals surface area (Å²) in [5, 5.41) is 3.08. The van der Waals surface area contributed by atoms with Crippen molar-refractivity contribution in [3.63, 3.8) is 0 Å². The SMILES string of the molecule is C=C(C)CNC(N)=NCC(C)(C)N1CCCC(C)C1. The van der Waals surface area contributed by atoms with Gasteiger partial charge in [0.1, 0.15) is 0 Å². The van der Waals surface area contributed by atoms with Gasteiger partial charge in [-0.1, -0.05) is 19.1 Å². The van der Waals surface area contributed by atoms with Crippen LogP contribution in [0.2, 0.25) is 0 Å². The van der Waals surface area contributed by atoms with Crippen LogP contribution in [0.4, 0.5) is 0 Å². The van der Waals surface area contributed by atoms with Crippen LogP contribution in [0.15, 0.2) is 17.1 Å². The summed E-state index contributed by atoms with van der Waals surface area (Å²) >= 11 is 0. The Morgan fingerprint density at radius 1 is 1.53 bits per heavy atom. The minimum absolute atomic E-state index is 0.0736. The third kappa shape index (κ3) is 5.64. The molecule has 0 saturated carbocycles. The average Bonchev–Trinajstić information content (AvgIpc) is 2.34. The fraction of sp³-hybridized carbons (Fsp3) is 0.800. The molecule has 1 aliphatic rings. The van der Waals surface area contributed by atoms with E-state index in [0.717, 1.165) is 18.0 Å². The predicted molar refractivity (Wildman–Crippen MR) is 83.4 cm³/mol. The maximum atomic E-state index is 5.87. The zero-order valence-electron chi connectivity index (χ0n) is 13.0. The first kappa shape index (κ1) is 16.0. The van der Waals surface area contributed by atoms with Crippen molar-refractivity contribution in [2.45, 2.75) is 46.1 Å². The van der Waals surface area contributed by atoms with Crippen molar-refractivity contribution >= 4 is 5.96 Å².